The molecule has 1 aliphatic rings. The topological polar surface area (TPSA) is 78.9 Å². The Hall–Kier alpha value is -3.02. The average Bonchev–Trinajstić information content (AvgIpc) is 2.79. The number of benzene rings is 2. The molecule has 2 aromatic carbocycles. The number of carbonyl (C=O) groups excluding carboxylic acids is 1. The number of aromatic carboxylic acids is 1. The average molecular weight is 425 g/mol. The van der Waals surface area contributed by atoms with Crippen LogP contribution in [0.15, 0.2) is 42.5 Å². The molecule has 1 atom stereocenters. The van der Waals surface area contributed by atoms with Crippen LogP contribution >= 0.6 is 0 Å². The molecule has 2 aromatic rings. The van der Waals surface area contributed by atoms with Gasteiger partial charge >= 0.3 is 5.97 Å². The number of anilines is 1. The van der Waals surface area contributed by atoms with Crippen LogP contribution in [0.3, 0.4) is 0 Å². The zero-order valence-corrected chi connectivity index (χ0v) is 18.4. The van der Waals surface area contributed by atoms with E-state index in [-0.39, 0.29) is 29.7 Å². The molecule has 1 aliphatic heterocycles. The predicted molar refractivity (Wildman–Crippen MR) is 122 cm³/mol. The zero-order valence-electron chi connectivity index (χ0n) is 18.4. The minimum absolute atomic E-state index is 0.0594. The Labute approximate surface area is 184 Å². The minimum atomic E-state index is -1.05. The van der Waals surface area contributed by atoms with Crippen LogP contribution in [0, 0.1) is 0 Å². The van der Waals surface area contributed by atoms with Crippen LogP contribution in [0.2, 0.25) is 0 Å². The number of nitrogens with zero attached hydrogens (tertiary/aromatic N) is 1. The summed E-state index contributed by atoms with van der Waals surface area (Å²) in [5, 5.41) is 12.5. The highest BCUT2D eigenvalue weighted by Gasteiger charge is 2.21. The number of carbonyl (C=O) groups is 2. The maximum atomic E-state index is 12.9. The number of piperidine rings is 1. The molecule has 0 radical (unpaired) electrons. The number of carboxylic acids is 1. The van der Waals surface area contributed by atoms with E-state index in [9.17, 15) is 14.7 Å². The molecular formula is C25H32N2O4. The van der Waals surface area contributed by atoms with Gasteiger partial charge in [-0.25, -0.2) is 4.79 Å². The number of rotatable bonds is 9. The summed E-state index contributed by atoms with van der Waals surface area (Å²) >= 11 is 0. The maximum Gasteiger partial charge on any atom is 0.339 e. The summed E-state index contributed by atoms with van der Waals surface area (Å²) in [4.78, 5) is 26.6. The highest BCUT2D eigenvalue weighted by molar-refractivity contribution is 5.91. The first-order valence-electron chi connectivity index (χ1n) is 11.1. The van der Waals surface area contributed by atoms with E-state index in [2.05, 4.69) is 35.3 Å². The third-order valence-corrected chi connectivity index (χ3v) is 5.78. The quantitative estimate of drug-likeness (QED) is 0.616. The van der Waals surface area contributed by atoms with Crippen molar-refractivity contribution in [1.82, 2.24) is 5.32 Å². The van der Waals surface area contributed by atoms with Crippen molar-refractivity contribution in [2.75, 3.05) is 25.1 Å². The Balaban J connectivity index is 1.76. The Bertz CT molecular complexity index is 906. The van der Waals surface area contributed by atoms with Crippen LogP contribution in [0.5, 0.6) is 5.75 Å². The highest BCUT2D eigenvalue weighted by Crippen LogP contribution is 2.31. The van der Waals surface area contributed by atoms with E-state index < -0.39 is 5.97 Å². The lowest BCUT2D eigenvalue weighted by Crippen LogP contribution is -2.34. The lowest BCUT2D eigenvalue weighted by molar-refractivity contribution is -0.121. The van der Waals surface area contributed by atoms with E-state index in [0.717, 1.165) is 31.5 Å². The Morgan fingerprint density at radius 2 is 1.87 bits per heavy atom. The number of amides is 1. The molecule has 0 aliphatic carbocycles. The number of hydrogen-bond acceptors (Lipinski definition) is 4. The fraction of sp³-hybridized carbons (Fsp3) is 0.440. The summed E-state index contributed by atoms with van der Waals surface area (Å²) in [5.41, 5.74) is 3.19. The van der Waals surface area contributed by atoms with Gasteiger partial charge in [0, 0.05) is 18.8 Å². The van der Waals surface area contributed by atoms with Gasteiger partial charge in [0.25, 0.3) is 0 Å². The molecule has 3 rings (SSSR count). The smallest absolute Gasteiger partial charge is 0.339 e. The Morgan fingerprint density at radius 1 is 1.13 bits per heavy atom. The Morgan fingerprint density at radius 3 is 2.55 bits per heavy atom. The van der Waals surface area contributed by atoms with E-state index in [1.807, 2.05) is 6.07 Å². The van der Waals surface area contributed by atoms with E-state index >= 15 is 0 Å². The number of methoxy groups -OCH3 is 1. The molecule has 1 unspecified atom stereocenters. The molecule has 0 aromatic heterocycles. The molecule has 166 valence electrons. The first-order chi connectivity index (χ1) is 15.0. The van der Waals surface area contributed by atoms with Crippen molar-refractivity contribution in [1.29, 1.82) is 0 Å². The number of ether oxygens (including phenoxy) is 1. The Kier molecular flexibility index (Phi) is 7.93. The van der Waals surface area contributed by atoms with Crippen molar-refractivity contribution in [2.45, 2.75) is 51.5 Å². The molecule has 6 heteroatoms. The normalized spacial score (nSPS) is 14.7. The first-order valence-corrected chi connectivity index (χ1v) is 11.1. The molecule has 0 saturated carbocycles. The second kappa shape index (κ2) is 10.8. The summed E-state index contributed by atoms with van der Waals surface area (Å²) in [6, 6.07) is 13.1. The van der Waals surface area contributed by atoms with Crippen molar-refractivity contribution in [3.63, 3.8) is 0 Å². The van der Waals surface area contributed by atoms with E-state index in [1.165, 1.54) is 43.7 Å². The van der Waals surface area contributed by atoms with Gasteiger partial charge in [-0.2, -0.15) is 0 Å². The molecule has 31 heavy (non-hydrogen) atoms. The van der Waals surface area contributed by atoms with Gasteiger partial charge in [0.1, 0.15) is 11.3 Å². The van der Waals surface area contributed by atoms with Gasteiger partial charge in [-0.3, -0.25) is 4.79 Å². The standard InChI is InChI=1S/C25H32N2O4/c1-3-9-21(19-10-5-6-11-22(19)27-14-7-4-8-15-27)26-24(28)17-18-12-13-20(25(29)30)23(16-18)31-2/h5-6,10-13,16,21H,3-4,7-9,14-15,17H2,1-2H3,(H,26,28)(H,29,30). The maximum absolute atomic E-state index is 12.9. The van der Waals surface area contributed by atoms with Crippen molar-refractivity contribution in [2.24, 2.45) is 0 Å². The van der Waals surface area contributed by atoms with Gasteiger partial charge in [0.05, 0.1) is 19.6 Å². The number of nitrogens with one attached hydrogen (secondary N) is 1. The van der Waals surface area contributed by atoms with Gasteiger partial charge in [-0.1, -0.05) is 37.6 Å². The van der Waals surface area contributed by atoms with Gasteiger partial charge in [-0.05, 0) is 55.0 Å². The molecule has 0 bridgehead atoms. The van der Waals surface area contributed by atoms with Crippen molar-refractivity contribution in [3.05, 3.63) is 59.2 Å². The fourth-order valence-electron chi connectivity index (χ4n) is 4.25. The molecule has 1 fully saturated rings. The molecule has 2 N–H and O–H groups in total. The van der Waals surface area contributed by atoms with Crippen LogP contribution in [0.25, 0.3) is 0 Å². The van der Waals surface area contributed by atoms with E-state index in [0.29, 0.717) is 0 Å². The number of carboxylic acid groups (broad SMARTS) is 1. The number of hydrogen-bond donors (Lipinski definition) is 2. The van der Waals surface area contributed by atoms with Gasteiger partial charge in [0.2, 0.25) is 5.91 Å². The summed E-state index contributed by atoms with van der Waals surface area (Å²) in [7, 11) is 1.43. The van der Waals surface area contributed by atoms with Gasteiger partial charge in [-0.15, -0.1) is 0 Å². The van der Waals surface area contributed by atoms with Crippen molar-refractivity contribution < 1.29 is 19.4 Å². The molecule has 1 heterocycles. The zero-order chi connectivity index (χ0) is 22.2. The summed E-state index contributed by atoms with van der Waals surface area (Å²) in [5.74, 6) is -0.874. The monoisotopic (exact) mass is 424 g/mol. The number of para-hydroxylation sites is 1. The van der Waals surface area contributed by atoms with Crippen LogP contribution in [0.4, 0.5) is 5.69 Å². The van der Waals surface area contributed by atoms with Crippen molar-refractivity contribution >= 4 is 17.6 Å². The first kappa shape index (κ1) is 22.7. The molecule has 6 nitrogen and oxygen atoms in total. The molecule has 1 saturated heterocycles. The lowest BCUT2D eigenvalue weighted by Gasteiger charge is -2.32. The fourth-order valence-corrected chi connectivity index (χ4v) is 4.25. The van der Waals surface area contributed by atoms with Gasteiger partial charge in [0.15, 0.2) is 0 Å². The highest BCUT2D eigenvalue weighted by atomic mass is 16.5. The molecular weight excluding hydrogens is 392 g/mol. The minimum Gasteiger partial charge on any atom is -0.496 e. The van der Waals surface area contributed by atoms with E-state index in [4.69, 9.17) is 4.74 Å². The summed E-state index contributed by atoms with van der Waals surface area (Å²) in [6.45, 7) is 4.23. The van der Waals surface area contributed by atoms with Crippen molar-refractivity contribution in [3.8, 4) is 5.75 Å². The largest absolute Gasteiger partial charge is 0.496 e. The van der Waals surface area contributed by atoms with Crippen LogP contribution in [0.1, 0.15) is 66.6 Å². The van der Waals surface area contributed by atoms with Crippen LogP contribution < -0.4 is 15.0 Å². The second-order valence-corrected chi connectivity index (χ2v) is 8.03. The summed E-state index contributed by atoms with van der Waals surface area (Å²) in [6.07, 6.45) is 5.67. The molecule has 1 amide bonds. The van der Waals surface area contributed by atoms with Crippen LogP contribution in [-0.2, 0) is 11.2 Å². The third kappa shape index (κ3) is 5.78. The van der Waals surface area contributed by atoms with E-state index in [1.54, 1.807) is 12.1 Å². The van der Waals surface area contributed by atoms with Crippen LogP contribution in [-0.4, -0.2) is 37.2 Å². The molecule has 0 spiro atoms. The van der Waals surface area contributed by atoms with Gasteiger partial charge < -0.3 is 20.1 Å². The lowest BCUT2D eigenvalue weighted by atomic mass is 9.98. The third-order valence-electron chi connectivity index (χ3n) is 5.78. The predicted octanol–water partition coefficient (Wildman–Crippen LogP) is 4.58. The SMILES string of the molecule is CCCC(NC(=O)Cc1ccc(C(=O)O)c(OC)c1)c1ccccc1N1CCCCC1. The second-order valence-electron chi connectivity index (χ2n) is 8.03. The summed E-state index contributed by atoms with van der Waals surface area (Å²) < 4.78 is 5.18.